The van der Waals surface area contributed by atoms with E-state index in [1.165, 1.54) is 18.3 Å². The number of carbonyl (C=O) groups excluding carboxylic acids is 1. The molecule has 3 rings (SSSR count). The van der Waals surface area contributed by atoms with Gasteiger partial charge in [-0.05, 0) is 30.3 Å². The number of oxazole rings is 1. The minimum Gasteiger partial charge on any atom is -0.444 e. The lowest BCUT2D eigenvalue weighted by Gasteiger charge is -2.08. The van der Waals surface area contributed by atoms with E-state index in [1.54, 1.807) is 30.7 Å². The molecule has 0 saturated heterocycles. The zero-order valence-electron chi connectivity index (χ0n) is 12.7. The molecule has 7 heteroatoms. The van der Waals surface area contributed by atoms with Crippen LogP contribution in [0.15, 0.2) is 53.4 Å². The van der Waals surface area contributed by atoms with Gasteiger partial charge in [-0.25, -0.2) is 9.37 Å². The summed E-state index contributed by atoms with van der Waals surface area (Å²) in [4.78, 5) is 19.6. The van der Waals surface area contributed by atoms with Crippen molar-refractivity contribution in [3.05, 3.63) is 66.1 Å². The third-order valence-corrected chi connectivity index (χ3v) is 3.43. The molecule has 0 atom stereocenters. The van der Waals surface area contributed by atoms with Crippen LogP contribution in [-0.2, 0) is 6.42 Å². The smallest absolute Gasteiger partial charge is 0.252 e. The number of aromatic nitrogens is 2. The zero-order chi connectivity index (χ0) is 16.9. The van der Waals surface area contributed by atoms with Gasteiger partial charge in [0, 0.05) is 30.9 Å². The lowest BCUT2D eigenvalue weighted by Crippen LogP contribution is -2.15. The number of nitrogens with one attached hydrogen (secondary N) is 1. The van der Waals surface area contributed by atoms with E-state index in [1.807, 2.05) is 0 Å². The fourth-order valence-electron chi connectivity index (χ4n) is 2.22. The molecule has 6 nitrogen and oxygen atoms in total. The van der Waals surface area contributed by atoms with Crippen LogP contribution in [0.4, 0.5) is 10.1 Å². The summed E-state index contributed by atoms with van der Waals surface area (Å²) in [5.74, 6) is -0.408. The Hall–Kier alpha value is -3.22. The number of rotatable bonds is 6. The van der Waals surface area contributed by atoms with E-state index < -0.39 is 5.91 Å². The van der Waals surface area contributed by atoms with Gasteiger partial charge in [-0.15, -0.1) is 0 Å². The molecular weight excluding hydrogens is 311 g/mol. The molecule has 0 spiro atoms. The Morgan fingerprint density at radius 3 is 2.79 bits per heavy atom. The van der Waals surface area contributed by atoms with Crippen molar-refractivity contribution in [2.75, 3.05) is 11.9 Å². The maximum atomic E-state index is 12.9. The van der Waals surface area contributed by atoms with Gasteiger partial charge < -0.3 is 15.5 Å². The molecule has 2 aromatic heterocycles. The third kappa shape index (κ3) is 3.57. The van der Waals surface area contributed by atoms with E-state index in [-0.39, 0.29) is 5.82 Å². The van der Waals surface area contributed by atoms with Crippen molar-refractivity contribution in [3.63, 3.8) is 0 Å². The number of nitrogens with two attached hydrogens (primary N) is 1. The average molecular weight is 326 g/mol. The monoisotopic (exact) mass is 326 g/mol. The number of nitrogens with zero attached hydrogens (tertiary/aromatic N) is 2. The van der Waals surface area contributed by atoms with Crippen LogP contribution in [0.1, 0.15) is 16.1 Å². The summed E-state index contributed by atoms with van der Waals surface area (Å²) in [6.07, 6.45) is 5.15. The molecule has 2 heterocycles. The first kappa shape index (κ1) is 15.7. The van der Waals surface area contributed by atoms with Gasteiger partial charge in [0.2, 0.25) is 5.89 Å². The van der Waals surface area contributed by atoms with Gasteiger partial charge >= 0.3 is 0 Å². The van der Waals surface area contributed by atoms with Crippen LogP contribution in [0.2, 0.25) is 0 Å². The number of amides is 1. The minimum absolute atomic E-state index is 0.308. The van der Waals surface area contributed by atoms with Gasteiger partial charge in [0.15, 0.2) is 0 Å². The molecule has 24 heavy (non-hydrogen) atoms. The lowest BCUT2D eigenvalue weighted by atomic mass is 10.2. The Balaban J connectivity index is 1.62. The van der Waals surface area contributed by atoms with Crippen LogP contribution < -0.4 is 11.1 Å². The fourth-order valence-corrected chi connectivity index (χ4v) is 2.22. The van der Waals surface area contributed by atoms with Crippen molar-refractivity contribution in [1.82, 2.24) is 9.97 Å². The van der Waals surface area contributed by atoms with Gasteiger partial charge in [-0.1, -0.05) is 0 Å². The van der Waals surface area contributed by atoms with E-state index in [2.05, 4.69) is 15.3 Å². The van der Waals surface area contributed by atoms with E-state index in [9.17, 15) is 9.18 Å². The van der Waals surface area contributed by atoms with Gasteiger partial charge in [-0.3, -0.25) is 9.78 Å². The van der Waals surface area contributed by atoms with Crippen LogP contribution in [0.25, 0.3) is 11.5 Å². The number of hydrogen-bond acceptors (Lipinski definition) is 5. The number of pyridine rings is 1. The molecule has 1 aromatic carbocycles. The Labute approximate surface area is 137 Å². The van der Waals surface area contributed by atoms with Crippen molar-refractivity contribution in [1.29, 1.82) is 0 Å². The molecule has 122 valence electrons. The summed E-state index contributed by atoms with van der Waals surface area (Å²) in [7, 11) is 0. The first-order valence-corrected chi connectivity index (χ1v) is 7.31. The Kier molecular flexibility index (Phi) is 4.51. The van der Waals surface area contributed by atoms with Crippen molar-refractivity contribution < 1.29 is 13.6 Å². The second-order valence-electron chi connectivity index (χ2n) is 5.11. The van der Waals surface area contributed by atoms with Gasteiger partial charge in [0.1, 0.15) is 12.1 Å². The van der Waals surface area contributed by atoms with E-state index in [0.29, 0.717) is 35.7 Å². The molecule has 0 saturated carbocycles. The number of primary amides is 1. The van der Waals surface area contributed by atoms with Crippen molar-refractivity contribution in [2.24, 2.45) is 5.73 Å². The first-order valence-electron chi connectivity index (χ1n) is 7.31. The van der Waals surface area contributed by atoms with E-state index in [0.717, 1.165) is 5.69 Å². The van der Waals surface area contributed by atoms with E-state index in [4.69, 9.17) is 10.2 Å². The molecule has 0 radical (unpaired) electrons. The molecule has 3 N–H and O–H groups in total. The van der Waals surface area contributed by atoms with Crippen LogP contribution >= 0.6 is 0 Å². The predicted octanol–water partition coefficient (Wildman–Crippen LogP) is 2.63. The molecule has 3 aromatic rings. The minimum atomic E-state index is -0.536. The van der Waals surface area contributed by atoms with E-state index >= 15 is 0 Å². The molecule has 0 unspecified atom stereocenters. The largest absolute Gasteiger partial charge is 0.444 e. The molecule has 0 fully saturated rings. The second-order valence-corrected chi connectivity index (χ2v) is 5.11. The number of hydrogen-bond donors (Lipinski definition) is 2. The molecule has 0 aliphatic heterocycles. The average Bonchev–Trinajstić information content (AvgIpc) is 3.05. The zero-order valence-corrected chi connectivity index (χ0v) is 12.7. The summed E-state index contributed by atoms with van der Waals surface area (Å²) < 4.78 is 18.3. The molecule has 0 aliphatic rings. The Morgan fingerprint density at radius 1 is 1.25 bits per heavy atom. The summed E-state index contributed by atoms with van der Waals surface area (Å²) in [5.41, 5.74) is 7.72. The quantitative estimate of drug-likeness (QED) is 0.726. The highest BCUT2D eigenvalue weighted by molar-refractivity contribution is 5.98. The van der Waals surface area contributed by atoms with Crippen LogP contribution in [-0.4, -0.2) is 22.4 Å². The van der Waals surface area contributed by atoms with Crippen molar-refractivity contribution in [3.8, 4) is 11.5 Å². The maximum Gasteiger partial charge on any atom is 0.252 e. The molecular formula is C17H15FN4O2. The first-order chi connectivity index (χ1) is 11.6. The maximum absolute atomic E-state index is 12.9. The normalized spacial score (nSPS) is 10.5. The van der Waals surface area contributed by atoms with Gasteiger partial charge in [-0.2, -0.15) is 0 Å². The Bertz CT molecular complexity index is 846. The highest BCUT2D eigenvalue weighted by atomic mass is 19.1. The van der Waals surface area contributed by atoms with Crippen LogP contribution in [0.3, 0.4) is 0 Å². The summed E-state index contributed by atoms with van der Waals surface area (Å²) in [5, 5.41) is 3.13. The molecule has 0 aliphatic carbocycles. The molecule has 1 amide bonds. The number of anilines is 1. The van der Waals surface area contributed by atoms with Crippen LogP contribution in [0, 0.1) is 5.82 Å². The van der Waals surface area contributed by atoms with Gasteiger partial charge in [0.05, 0.1) is 16.9 Å². The van der Waals surface area contributed by atoms with Crippen LogP contribution in [0.5, 0.6) is 0 Å². The highest BCUT2D eigenvalue weighted by Gasteiger charge is 2.09. The Morgan fingerprint density at radius 2 is 2.04 bits per heavy atom. The topological polar surface area (TPSA) is 94.0 Å². The SMILES string of the molecule is NC(=O)c1cnccc1NCCc1coc(-c2ccc(F)cc2)n1. The van der Waals surface area contributed by atoms with Crippen molar-refractivity contribution >= 4 is 11.6 Å². The number of carbonyl (C=O) groups is 1. The summed E-state index contributed by atoms with van der Waals surface area (Å²) >= 11 is 0. The predicted molar refractivity (Wildman–Crippen MR) is 86.8 cm³/mol. The fraction of sp³-hybridized carbons (Fsp3) is 0.118. The van der Waals surface area contributed by atoms with Crippen molar-refractivity contribution in [2.45, 2.75) is 6.42 Å². The third-order valence-electron chi connectivity index (χ3n) is 3.43. The summed E-state index contributed by atoms with van der Waals surface area (Å²) in [6.45, 7) is 0.541. The number of benzene rings is 1. The summed E-state index contributed by atoms with van der Waals surface area (Å²) in [6, 6.07) is 7.62. The lowest BCUT2D eigenvalue weighted by molar-refractivity contribution is 0.100. The van der Waals surface area contributed by atoms with Gasteiger partial charge in [0.25, 0.3) is 5.91 Å². The standard InChI is InChI=1S/C17H15FN4O2/c18-12-3-1-11(2-4-12)17-22-13(10-24-17)5-8-21-15-6-7-20-9-14(15)16(19)23/h1-4,6-7,9-10H,5,8H2,(H2,19,23)(H,20,21). The molecule has 0 bridgehead atoms. The second kappa shape index (κ2) is 6.91. The highest BCUT2D eigenvalue weighted by Crippen LogP contribution is 2.19. The number of halogens is 1.